The molecule has 1 aliphatic heterocycles. The Morgan fingerprint density at radius 2 is 1.84 bits per heavy atom. The molecule has 1 saturated heterocycles. The van der Waals surface area contributed by atoms with Crippen LogP contribution < -0.4 is 10.1 Å². The van der Waals surface area contributed by atoms with Gasteiger partial charge in [-0.05, 0) is 42.7 Å². The lowest BCUT2D eigenvalue weighted by Crippen LogP contribution is -2.61. The smallest absolute Gasteiger partial charge is 0.208 e. The zero-order chi connectivity index (χ0) is 17.9. The fourth-order valence-electron chi connectivity index (χ4n) is 3.25. The van der Waals surface area contributed by atoms with Gasteiger partial charge in [-0.3, -0.25) is 0 Å². The van der Waals surface area contributed by atoms with Gasteiger partial charge in [0.05, 0.1) is 12.6 Å². The zero-order valence-corrected chi connectivity index (χ0v) is 15.1. The predicted octanol–water partition coefficient (Wildman–Crippen LogP) is 3.44. The highest BCUT2D eigenvalue weighted by molar-refractivity contribution is 5.31. The van der Waals surface area contributed by atoms with Crippen molar-refractivity contribution in [2.75, 3.05) is 6.61 Å². The van der Waals surface area contributed by atoms with Gasteiger partial charge in [0.25, 0.3) is 0 Å². The Morgan fingerprint density at radius 3 is 2.48 bits per heavy atom. The Morgan fingerprint density at radius 1 is 1.16 bits per heavy atom. The molecule has 0 aromatic heterocycles. The second-order valence-corrected chi connectivity index (χ2v) is 7.10. The first-order valence-corrected chi connectivity index (χ1v) is 8.88. The van der Waals surface area contributed by atoms with E-state index in [1.54, 1.807) is 0 Å². The minimum Gasteiger partial charge on any atom is -0.489 e. The monoisotopic (exact) mass is 341 g/mol. The molecule has 1 fully saturated rings. The SMILES string of the molecule is CC(C)[C@H]1N[C@@H](C)CO[C@]1(O)c1ccc(OCc2ccccc2)cc1. The van der Waals surface area contributed by atoms with Gasteiger partial charge in [0.1, 0.15) is 12.4 Å². The van der Waals surface area contributed by atoms with Gasteiger partial charge in [-0.25, -0.2) is 0 Å². The fraction of sp³-hybridized carbons (Fsp3) is 0.429. The topological polar surface area (TPSA) is 50.7 Å². The molecule has 3 atom stereocenters. The average molecular weight is 341 g/mol. The molecule has 2 aromatic rings. The first-order valence-electron chi connectivity index (χ1n) is 8.88. The van der Waals surface area contributed by atoms with E-state index >= 15 is 0 Å². The first-order chi connectivity index (χ1) is 12.0. The minimum absolute atomic E-state index is 0.160. The summed E-state index contributed by atoms with van der Waals surface area (Å²) in [5, 5.41) is 14.6. The van der Waals surface area contributed by atoms with Gasteiger partial charge in [-0.1, -0.05) is 44.2 Å². The molecule has 0 amide bonds. The van der Waals surface area contributed by atoms with Crippen LogP contribution in [0.5, 0.6) is 5.75 Å². The maximum atomic E-state index is 11.2. The standard InChI is InChI=1S/C21H27NO3/c1-15(2)20-21(23,25-13-16(3)22-20)18-9-11-19(12-10-18)24-14-17-7-5-4-6-8-17/h4-12,15-16,20,22-23H,13-14H2,1-3H3/t16-,20+,21+/m0/s1. The Hall–Kier alpha value is -1.88. The average Bonchev–Trinajstić information content (AvgIpc) is 2.63. The summed E-state index contributed by atoms with van der Waals surface area (Å²) in [5.74, 6) is -0.310. The third-order valence-corrected chi connectivity index (χ3v) is 4.62. The van der Waals surface area contributed by atoms with Crippen molar-refractivity contribution in [3.63, 3.8) is 0 Å². The molecule has 134 valence electrons. The summed E-state index contributed by atoms with van der Waals surface area (Å²) in [4.78, 5) is 0. The van der Waals surface area contributed by atoms with Gasteiger partial charge >= 0.3 is 0 Å². The zero-order valence-electron chi connectivity index (χ0n) is 15.1. The molecule has 0 unspecified atom stereocenters. The molecule has 0 aliphatic carbocycles. The molecule has 0 saturated carbocycles. The van der Waals surface area contributed by atoms with E-state index in [-0.39, 0.29) is 18.0 Å². The van der Waals surface area contributed by atoms with Crippen LogP contribution in [0.15, 0.2) is 54.6 Å². The lowest BCUT2D eigenvalue weighted by molar-refractivity contribution is -0.263. The molecule has 25 heavy (non-hydrogen) atoms. The van der Waals surface area contributed by atoms with E-state index in [1.165, 1.54) is 0 Å². The largest absolute Gasteiger partial charge is 0.489 e. The Labute approximate surface area is 149 Å². The van der Waals surface area contributed by atoms with Crippen molar-refractivity contribution >= 4 is 0 Å². The summed E-state index contributed by atoms with van der Waals surface area (Å²) in [7, 11) is 0. The Balaban J connectivity index is 1.72. The molecular formula is C21H27NO3. The van der Waals surface area contributed by atoms with E-state index < -0.39 is 5.79 Å². The summed E-state index contributed by atoms with van der Waals surface area (Å²) in [6.07, 6.45) is 0. The van der Waals surface area contributed by atoms with Crippen LogP contribution in [-0.2, 0) is 17.1 Å². The van der Waals surface area contributed by atoms with Crippen molar-refractivity contribution in [3.05, 3.63) is 65.7 Å². The Kier molecular flexibility index (Phi) is 5.42. The summed E-state index contributed by atoms with van der Waals surface area (Å²) in [5.41, 5.74) is 1.87. The maximum absolute atomic E-state index is 11.2. The normalized spacial score (nSPS) is 26.6. The van der Waals surface area contributed by atoms with Crippen LogP contribution in [0.3, 0.4) is 0 Å². The van der Waals surface area contributed by atoms with Crippen molar-refractivity contribution in [2.24, 2.45) is 5.92 Å². The Bertz CT molecular complexity index is 671. The van der Waals surface area contributed by atoms with E-state index in [4.69, 9.17) is 9.47 Å². The van der Waals surface area contributed by atoms with Gasteiger partial charge in [0, 0.05) is 11.6 Å². The van der Waals surface area contributed by atoms with Gasteiger partial charge < -0.3 is 19.9 Å². The van der Waals surface area contributed by atoms with E-state index in [1.807, 2.05) is 54.6 Å². The van der Waals surface area contributed by atoms with Crippen molar-refractivity contribution < 1.29 is 14.6 Å². The van der Waals surface area contributed by atoms with Crippen LogP contribution in [0.2, 0.25) is 0 Å². The number of morpholine rings is 1. The molecule has 4 nitrogen and oxygen atoms in total. The highest BCUT2D eigenvalue weighted by Gasteiger charge is 2.45. The molecule has 1 heterocycles. The van der Waals surface area contributed by atoms with Crippen molar-refractivity contribution in [1.82, 2.24) is 5.32 Å². The van der Waals surface area contributed by atoms with Crippen LogP contribution in [0.25, 0.3) is 0 Å². The number of rotatable bonds is 5. The highest BCUT2D eigenvalue weighted by Crippen LogP contribution is 2.34. The van der Waals surface area contributed by atoms with Gasteiger partial charge in [0.15, 0.2) is 0 Å². The quantitative estimate of drug-likeness (QED) is 0.875. The summed E-state index contributed by atoms with van der Waals surface area (Å²) in [6.45, 7) is 7.23. The predicted molar refractivity (Wildman–Crippen MR) is 98.3 cm³/mol. The van der Waals surface area contributed by atoms with E-state index in [2.05, 4.69) is 26.1 Å². The second kappa shape index (κ2) is 7.56. The summed E-state index contributed by atoms with van der Waals surface area (Å²) >= 11 is 0. The molecule has 0 spiro atoms. The number of aliphatic hydroxyl groups is 1. The number of benzene rings is 2. The molecule has 4 heteroatoms. The summed E-state index contributed by atoms with van der Waals surface area (Å²) in [6, 6.07) is 17.7. The minimum atomic E-state index is -1.32. The third-order valence-electron chi connectivity index (χ3n) is 4.62. The number of hydrogen-bond acceptors (Lipinski definition) is 4. The molecule has 0 bridgehead atoms. The summed E-state index contributed by atoms with van der Waals surface area (Å²) < 4.78 is 11.7. The van der Waals surface area contributed by atoms with Crippen LogP contribution in [0, 0.1) is 5.92 Å². The van der Waals surface area contributed by atoms with Crippen molar-refractivity contribution in [1.29, 1.82) is 0 Å². The van der Waals surface area contributed by atoms with Crippen LogP contribution >= 0.6 is 0 Å². The fourth-order valence-corrected chi connectivity index (χ4v) is 3.25. The van der Waals surface area contributed by atoms with Crippen LogP contribution in [-0.4, -0.2) is 23.8 Å². The molecule has 2 aromatic carbocycles. The lowest BCUT2D eigenvalue weighted by Gasteiger charge is -2.45. The van der Waals surface area contributed by atoms with Crippen molar-refractivity contribution in [2.45, 2.75) is 45.2 Å². The van der Waals surface area contributed by atoms with Crippen molar-refractivity contribution in [3.8, 4) is 5.75 Å². The van der Waals surface area contributed by atoms with Crippen LogP contribution in [0.4, 0.5) is 0 Å². The first kappa shape index (κ1) is 17.9. The second-order valence-electron chi connectivity index (χ2n) is 7.10. The third kappa shape index (κ3) is 4.03. The van der Waals surface area contributed by atoms with E-state index in [0.717, 1.165) is 16.9 Å². The highest BCUT2D eigenvalue weighted by atomic mass is 16.6. The van der Waals surface area contributed by atoms with Gasteiger partial charge in [-0.15, -0.1) is 0 Å². The van der Waals surface area contributed by atoms with Crippen LogP contribution in [0.1, 0.15) is 31.9 Å². The molecule has 0 radical (unpaired) electrons. The van der Waals surface area contributed by atoms with Gasteiger partial charge in [-0.2, -0.15) is 0 Å². The maximum Gasteiger partial charge on any atom is 0.208 e. The van der Waals surface area contributed by atoms with Gasteiger partial charge in [0.2, 0.25) is 5.79 Å². The molecular weight excluding hydrogens is 314 g/mol. The molecule has 3 rings (SSSR count). The lowest BCUT2D eigenvalue weighted by atomic mass is 9.88. The molecule has 2 N–H and O–H groups in total. The van der Waals surface area contributed by atoms with E-state index in [0.29, 0.717) is 13.2 Å². The molecule has 1 aliphatic rings. The number of hydrogen-bond donors (Lipinski definition) is 2. The van der Waals surface area contributed by atoms with E-state index in [9.17, 15) is 5.11 Å². The number of ether oxygens (including phenoxy) is 2. The number of nitrogens with one attached hydrogen (secondary N) is 1.